The molecular weight excluding hydrogens is 265 g/mol. The molecule has 0 bridgehead atoms. The predicted octanol–water partition coefficient (Wildman–Crippen LogP) is 1.82. The fraction of sp³-hybridized carbons (Fsp3) is 0.0769. The van der Waals surface area contributed by atoms with Crippen LogP contribution >= 0.6 is 0 Å². The Labute approximate surface area is 112 Å². The van der Waals surface area contributed by atoms with E-state index in [-0.39, 0.29) is 17.8 Å². The molecule has 0 fully saturated rings. The summed E-state index contributed by atoms with van der Waals surface area (Å²) in [6, 6.07) is 7.75. The fourth-order valence-electron chi connectivity index (χ4n) is 1.70. The van der Waals surface area contributed by atoms with Gasteiger partial charge in [0.15, 0.2) is 0 Å². The molecule has 0 saturated heterocycles. The highest BCUT2D eigenvalue weighted by Crippen LogP contribution is 2.12. The van der Waals surface area contributed by atoms with E-state index in [1.54, 1.807) is 6.07 Å². The lowest BCUT2D eigenvalue weighted by Crippen LogP contribution is -2.19. The second-order valence-electron chi connectivity index (χ2n) is 4.04. The number of hydrogen-bond donors (Lipinski definition) is 0. The van der Waals surface area contributed by atoms with Crippen molar-refractivity contribution in [2.24, 2.45) is 0 Å². The van der Waals surface area contributed by atoms with Gasteiger partial charge < -0.3 is 4.57 Å². The topological polar surface area (TPSA) is 88.9 Å². The second kappa shape index (κ2) is 5.32. The molecule has 1 heterocycles. The molecule has 6 nitrogen and oxygen atoms in total. The molecule has 7 heteroatoms. The molecule has 0 radical (unpaired) electrons. The standard InChI is InChI=1S/C13H8FN3O3/c14-12-3-1-9(5-10(12)6-15)7-16-8-11(17(19)20)2-4-13(16)18/h1-5,8H,7H2. The van der Waals surface area contributed by atoms with Crippen molar-refractivity contribution in [3.63, 3.8) is 0 Å². The van der Waals surface area contributed by atoms with E-state index >= 15 is 0 Å². The zero-order chi connectivity index (χ0) is 14.7. The Hall–Kier alpha value is -3.01. The van der Waals surface area contributed by atoms with Crippen molar-refractivity contribution in [2.45, 2.75) is 6.54 Å². The van der Waals surface area contributed by atoms with Crippen LogP contribution in [0.2, 0.25) is 0 Å². The van der Waals surface area contributed by atoms with Crippen molar-refractivity contribution >= 4 is 5.69 Å². The zero-order valence-corrected chi connectivity index (χ0v) is 10.1. The minimum atomic E-state index is -0.650. The maximum absolute atomic E-state index is 13.2. The van der Waals surface area contributed by atoms with Gasteiger partial charge in [-0.1, -0.05) is 6.07 Å². The molecule has 0 spiro atoms. The number of hydrogen-bond acceptors (Lipinski definition) is 4. The van der Waals surface area contributed by atoms with Crippen LogP contribution in [-0.2, 0) is 6.54 Å². The van der Waals surface area contributed by atoms with Gasteiger partial charge in [0.05, 0.1) is 23.2 Å². The van der Waals surface area contributed by atoms with Crippen LogP contribution in [0.3, 0.4) is 0 Å². The second-order valence-corrected chi connectivity index (χ2v) is 4.04. The number of rotatable bonds is 3. The summed E-state index contributed by atoms with van der Waals surface area (Å²) in [6.07, 6.45) is 1.11. The lowest BCUT2D eigenvalue weighted by molar-refractivity contribution is -0.385. The summed E-state index contributed by atoms with van der Waals surface area (Å²) < 4.78 is 14.3. The van der Waals surface area contributed by atoms with Gasteiger partial charge >= 0.3 is 0 Å². The van der Waals surface area contributed by atoms with Crippen LogP contribution < -0.4 is 5.56 Å². The molecule has 0 saturated carbocycles. The number of nitriles is 1. The summed E-state index contributed by atoms with van der Waals surface area (Å²) in [7, 11) is 0. The van der Waals surface area contributed by atoms with E-state index in [9.17, 15) is 19.3 Å². The zero-order valence-electron chi connectivity index (χ0n) is 10.1. The number of benzene rings is 1. The molecular formula is C13H8FN3O3. The highest BCUT2D eigenvalue weighted by atomic mass is 19.1. The summed E-state index contributed by atoms with van der Waals surface area (Å²) in [6.45, 7) is 0.0233. The van der Waals surface area contributed by atoms with Gasteiger partial charge in [-0.05, 0) is 17.7 Å². The van der Waals surface area contributed by atoms with E-state index in [1.807, 2.05) is 0 Å². The van der Waals surface area contributed by atoms with Crippen molar-refractivity contribution in [1.29, 1.82) is 5.26 Å². The van der Waals surface area contributed by atoms with Crippen LogP contribution in [-0.4, -0.2) is 9.49 Å². The highest BCUT2D eigenvalue weighted by Gasteiger charge is 2.09. The molecule has 0 unspecified atom stereocenters. The van der Waals surface area contributed by atoms with Gasteiger partial charge in [0.25, 0.3) is 11.2 Å². The molecule has 2 aromatic rings. The average molecular weight is 273 g/mol. The minimum Gasteiger partial charge on any atom is -0.304 e. The van der Waals surface area contributed by atoms with Gasteiger partial charge in [0, 0.05) is 12.1 Å². The third kappa shape index (κ3) is 2.70. The summed E-state index contributed by atoms with van der Waals surface area (Å²) in [5, 5.41) is 19.4. The summed E-state index contributed by atoms with van der Waals surface area (Å²) in [5.41, 5.74) is -0.267. The van der Waals surface area contributed by atoms with Crippen LogP contribution in [0.15, 0.2) is 41.3 Å². The highest BCUT2D eigenvalue weighted by molar-refractivity contribution is 5.35. The van der Waals surface area contributed by atoms with Crippen LogP contribution in [0.25, 0.3) is 0 Å². The molecule has 0 aliphatic carbocycles. The maximum atomic E-state index is 13.2. The van der Waals surface area contributed by atoms with Crippen LogP contribution in [0.5, 0.6) is 0 Å². The van der Waals surface area contributed by atoms with Crippen molar-refractivity contribution in [3.05, 3.63) is 73.9 Å². The maximum Gasteiger partial charge on any atom is 0.285 e. The van der Waals surface area contributed by atoms with E-state index in [4.69, 9.17) is 5.26 Å². The molecule has 1 aromatic carbocycles. The lowest BCUT2D eigenvalue weighted by Gasteiger charge is -2.06. The number of aromatic nitrogens is 1. The van der Waals surface area contributed by atoms with Crippen LogP contribution in [0, 0.1) is 27.3 Å². The average Bonchev–Trinajstić information content (AvgIpc) is 2.43. The van der Waals surface area contributed by atoms with E-state index in [2.05, 4.69) is 0 Å². The van der Waals surface area contributed by atoms with Crippen LogP contribution in [0.4, 0.5) is 10.1 Å². The molecule has 0 aliphatic rings. The van der Waals surface area contributed by atoms with Crippen molar-refractivity contribution in [2.75, 3.05) is 0 Å². The number of halogens is 1. The van der Waals surface area contributed by atoms with E-state index in [0.29, 0.717) is 5.56 Å². The monoisotopic (exact) mass is 273 g/mol. The Morgan fingerprint density at radius 3 is 2.75 bits per heavy atom. The first kappa shape index (κ1) is 13.4. The third-order valence-electron chi connectivity index (χ3n) is 2.68. The first-order chi connectivity index (χ1) is 9.51. The van der Waals surface area contributed by atoms with E-state index in [0.717, 1.165) is 29.0 Å². The first-order valence-corrected chi connectivity index (χ1v) is 5.54. The third-order valence-corrected chi connectivity index (χ3v) is 2.68. The largest absolute Gasteiger partial charge is 0.304 e. The quantitative estimate of drug-likeness (QED) is 0.630. The van der Waals surface area contributed by atoms with Gasteiger partial charge in [-0.2, -0.15) is 5.26 Å². The summed E-state index contributed by atoms with van der Waals surface area (Å²) in [4.78, 5) is 21.7. The van der Waals surface area contributed by atoms with Gasteiger partial charge in [0.2, 0.25) is 0 Å². The Morgan fingerprint density at radius 2 is 2.10 bits per heavy atom. The molecule has 0 N–H and O–H groups in total. The summed E-state index contributed by atoms with van der Waals surface area (Å²) >= 11 is 0. The fourth-order valence-corrected chi connectivity index (χ4v) is 1.70. The molecule has 1 aromatic heterocycles. The van der Waals surface area contributed by atoms with Gasteiger partial charge in [-0.25, -0.2) is 4.39 Å². The molecule has 0 atom stereocenters. The van der Waals surface area contributed by atoms with Crippen molar-refractivity contribution in [1.82, 2.24) is 4.57 Å². The van der Waals surface area contributed by atoms with Gasteiger partial charge in [-0.3, -0.25) is 14.9 Å². The summed E-state index contributed by atoms with van der Waals surface area (Å²) in [5.74, 6) is -0.650. The smallest absolute Gasteiger partial charge is 0.285 e. The van der Waals surface area contributed by atoms with Crippen molar-refractivity contribution in [3.8, 4) is 6.07 Å². The van der Waals surface area contributed by atoms with E-state index < -0.39 is 16.3 Å². The Kier molecular flexibility index (Phi) is 3.57. The molecule has 20 heavy (non-hydrogen) atoms. The Morgan fingerprint density at radius 1 is 1.35 bits per heavy atom. The van der Waals surface area contributed by atoms with Crippen molar-refractivity contribution < 1.29 is 9.31 Å². The van der Waals surface area contributed by atoms with Gasteiger partial charge in [0.1, 0.15) is 11.9 Å². The molecule has 0 aliphatic heterocycles. The Balaban J connectivity index is 2.40. The number of nitro groups is 1. The number of pyridine rings is 1. The van der Waals surface area contributed by atoms with E-state index in [1.165, 1.54) is 12.1 Å². The lowest BCUT2D eigenvalue weighted by atomic mass is 10.1. The van der Waals surface area contributed by atoms with Gasteiger partial charge in [-0.15, -0.1) is 0 Å². The minimum absolute atomic E-state index is 0.0233. The normalized spacial score (nSPS) is 10.0. The predicted molar refractivity (Wildman–Crippen MR) is 67.6 cm³/mol. The molecule has 2 rings (SSSR count). The molecule has 100 valence electrons. The SMILES string of the molecule is N#Cc1cc(Cn2cc([N+](=O)[O-])ccc2=O)ccc1F. The Bertz CT molecular complexity index is 777. The molecule has 0 amide bonds. The van der Waals surface area contributed by atoms with Crippen LogP contribution in [0.1, 0.15) is 11.1 Å². The first-order valence-electron chi connectivity index (χ1n) is 5.54. The number of nitrogens with zero attached hydrogens (tertiary/aromatic N) is 3.